The van der Waals surface area contributed by atoms with Gasteiger partial charge in [0.2, 0.25) is 0 Å². The Labute approximate surface area is 178 Å². The number of hydrogen-bond donors (Lipinski definition) is 0. The van der Waals surface area contributed by atoms with Gasteiger partial charge in [0.25, 0.3) is 11.8 Å². The van der Waals surface area contributed by atoms with Gasteiger partial charge < -0.3 is 13.9 Å². The highest BCUT2D eigenvalue weighted by atomic mass is 19.3. The normalized spacial score (nSPS) is 16.7. The predicted molar refractivity (Wildman–Crippen MR) is 116 cm³/mol. The number of aromatic nitrogens is 3. The van der Waals surface area contributed by atoms with E-state index in [9.17, 15) is 13.6 Å². The molecule has 0 saturated heterocycles. The van der Waals surface area contributed by atoms with E-state index in [1.54, 1.807) is 17.0 Å². The van der Waals surface area contributed by atoms with Crippen molar-refractivity contribution in [2.45, 2.75) is 32.7 Å². The number of fused-ring (bicyclic) bond motifs is 2. The van der Waals surface area contributed by atoms with E-state index in [4.69, 9.17) is 0 Å². The van der Waals surface area contributed by atoms with Crippen LogP contribution in [-0.4, -0.2) is 26.4 Å². The van der Waals surface area contributed by atoms with E-state index in [0.29, 0.717) is 17.9 Å². The second-order valence-electron chi connectivity index (χ2n) is 8.23. The zero-order chi connectivity index (χ0) is 21.9. The van der Waals surface area contributed by atoms with Crippen molar-refractivity contribution in [1.29, 1.82) is 0 Å². The Balaban J connectivity index is 1.57. The molecule has 0 fully saturated rings. The molecular weight excluding hydrogens is 398 g/mol. The molecule has 158 valence electrons. The molecule has 1 atom stereocenters. The fourth-order valence-corrected chi connectivity index (χ4v) is 4.25. The Hall–Kier alpha value is -3.48. The molecule has 0 bridgehead atoms. The van der Waals surface area contributed by atoms with Gasteiger partial charge in [-0.2, -0.15) is 0 Å². The van der Waals surface area contributed by atoms with Gasteiger partial charge in [-0.15, -0.1) is 0 Å². The standard InChI is InChI=1S/C24H22F2N4O/c1-15-12-27-21-9-4-17(14-29(15)21)20-10-11-28-16(2)13-30(23(31)22(20)28)19-7-5-18(6-8-19)24(3,25)26/h4-12,14,16H,13H2,1-3H3/t16-/m0/s1. The van der Waals surface area contributed by atoms with Crippen LogP contribution in [0.2, 0.25) is 0 Å². The molecular formula is C24H22F2N4O. The molecule has 0 radical (unpaired) electrons. The summed E-state index contributed by atoms with van der Waals surface area (Å²) in [5, 5.41) is 0. The molecule has 31 heavy (non-hydrogen) atoms. The third-order valence-corrected chi connectivity index (χ3v) is 5.97. The molecule has 3 aromatic heterocycles. The van der Waals surface area contributed by atoms with Crippen LogP contribution in [0.15, 0.2) is 61.1 Å². The number of anilines is 1. The Morgan fingerprint density at radius 1 is 1.10 bits per heavy atom. The lowest BCUT2D eigenvalue weighted by molar-refractivity contribution is 0.0175. The third kappa shape index (κ3) is 3.12. The van der Waals surface area contributed by atoms with Crippen LogP contribution in [0.5, 0.6) is 0 Å². The van der Waals surface area contributed by atoms with Crippen molar-refractivity contribution in [2.75, 3.05) is 11.4 Å². The first-order chi connectivity index (χ1) is 14.7. The summed E-state index contributed by atoms with van der Waals surface area (Å²) >= 11 is 0. The summed E-state index contributed by atoms with van der Waals surface area (Å²) in [6.45, 7) is 5.37. The van der Waals surface area contributed by atoms with Gasteiger partial charge in [0, 0.05) is 66.2 Å². The van der Waals surface area contributed by atoms with Gasteiger partial charge in [-0.05, 0) is 44.2 Å². The van der Waals surface area contributed by atoms with Crippen molar-refractivity contribution >= 4 is 17.2 Å². The van der Waals surface area contributed by atoms with E-state index in [0.717, 1.165) is 29.4 Å². The summed E-state index contributed by atoms with van der Waals surface area (Å²) < 4.78 is 31.2. The molecule has 1 amide bonds. The van der Waals surface area contributed by atoms with Crippen molar-refractivity contribution in [1.82, 2.24) is 14.0 Å². The van der Waals surface area contributed by atoms with Crippen molar-refractivity contribution in [2.24, 2.45) is 0 Å². The maximum absolute atomic E-state index is 13.6. The number of amides is 1. The fourth-order valence-electron chi connectivity index (χ4n) is 4.25. The topological polar surface area (TPSA) is 42.5 Å². The monoisotopic (exact) mass is 420 g/mol. The number of rotatable bonds is 3. The molecule has 1 aliphatic heterocycles. The second-order valence-corrected chi connectivity index (χ2v) is 8.23. The Morgan fingerprint density at radius 2 is 1.84 bits per heavy atom. The molecule has 5 nitrogen and oxygen atoms in total. The van der Waals surface area contributed by atoms with Crippen LogP contribution in [0.25, 0.3) is 16.8 Å². The lowest BCUT2D eigenvalue weighted by Crippen LogP contribution is -2.42. The van der Waals surface area contributed by atoms with Gasteiger partial charge in [-0.25, -0.2) is 13.8 Å². The summed E-state index contributed by atoms with van der Waals surface area (Å²) in [5.74, 6) is -3.06. The fraction of sp³-hybridized carbons (Fsp3) is 0.250. The van der Waals surface area contributed by atoms with Gasteiger partial charge in [-0.1, -0.05) is 12.1 Å². The highest BCUT2D eigenvalue weighted by Crippen LogP contribution is 2.35. The van der Waals surface area contributed by atoms with Gasteiger partial charge in [0.1, 0.15) is 11.3 Å². The number of benzene rings is 1. The molecule has 4 heterocycles. The minimum atomic E-state index is -2.91. The van der Waals surface area contributed by atoms with Crippen LogP contribution >= 0.6 is 0 Å². The average molecular weight is 420 g/mol. The quantitative estimate of drug-likeness (QED) is 0.443. The zero-order valence-corrected chi connectivity index (χ0v) is 17.5. The predicted octanol–water partition coefficient (Wildman–Crippen LogP) is 5.44. The van der Waals surface area contributed by atoms with E-state index in [1.165, 1.54) is 12.1 Å². The minimum Gasteiger partial charge on any atom is -0.338 e. The van der Waals surface area contributed by atoms with Gasteiger partial charge in [-0.3, -0.25) is 4.79 Å². The number of hydrogen-bond acceptors (Lipinski definition) is 2. The lowest BCUT2D eigenvalue weighted by Gasteiger charge is -2.33. The van der Waals surface area contributed by atoms with Crippen LogP contribution in [0.4, 0.5) is 14.5 Å². The summed E-state index contributed by atoms with van der Waals surface area (Å²) in [6.07, 6.45) is 5.74. The van der Waals surface area contributed by atoms with Gasteiger partial charge >= 0.3 is 0 Å². The second kappa shape index (κ2) is 6.77. The molecule has 1 aliphatic rings. The van der Waals surface area contributed by atoms with E-state index in [1.807, 2.05) is 59.6 Å². The lowest BCUT2D eigenvalue weighted by atomic mass is 10.0. The molecule has 4 aromatic rings. The van der Waals surface area contributed by atoms with E-state index in [-0.39, 0.29) is 17.5 Å². The third-order valence-electron chi connectivity index (χ3n) is 5.97. The first-order valence-corrected chi connectivity index (χ1v) is 10.2. The van der Waals surface area contributed by atoms with Crippen molar-refractivity contribution in [3.05, 3.63) is 78.0 Å². The molecule has 1 aromatic carbocycles. The molecule has 0 unspecified atom stereocenters. The van der Waals surface area contributed by atoms with E-state index < -0.39 is 5.92 Å². The summed E-state index contributed by atoms with van der Waals surface area (Å²) in [7, 11) is 0. The highest BCUT2D eigenvalue weighted by Gasteiger charge is 2.33. The van der Waals surface area contributed by atoms with E-state index >= 15 is 0 Å². The van der Waals surface area contributed by atoms with Crippen LogP contribution < -0.4 is 4.90 Å². The molecule has 5 rings (SSSR count). The number of carbonyl (C=O) groups is 1. The summed E-state index contributed by atoms with van der Waals surface area (Å²) in [4.78, 5) is 19.5. The number of aryl methyl sites for hydroxylation is 1. The van der Waals surface area contributed by atoms with E-state index in [2.05, 4.69) is 4.98 Å². The summed E-state index contributed by atoms with van der Waals surface area (Å²) in [6, 6.07) is 11.9. The molecule has 0 aliphatic carbocycles. The van der Waals surface area contributed by atoms with Crippen LogP contribution in [-0.2, 0) is 5.92 Å². The maximum Gasteiger partial charge on any atom is 0.275 e. The van der Waals surface area contributed by atoms with Crippen molar-refractivity contribution in [3.63, 3.8) is 0 Å². The summed E-state index contributed by atoms with van der Waals surface area (Å²) in [5.41, 5.74) is 4.77. The molecule has 0 spiro atoms. The largest absolute Gasteiger partial charge is 0.338 e. The first kappa shape index (κ1) is 19.5. The average Bonchev–Trinajstić information content (AvgIpc) is 3.35. The highest BCUT2D eigenvalue weighted by molar-refractivity contribution is 6.10. The van der Waals surface area contributed by atoms with Crippen molar-refractivity contribution in [3.8, 4) is 11.1 Å². The Kier molecular flexibility index (Phi) is 4.25. The van der Waals surface area contributed by atoms with Gasteiger partial charge in [0.05, 0.1) is 0 Å². The zero-order valence-electron chi connectivity index (χ0n) is 17.5. The Morgan fingerprint density at radius 3 is 2.55 bits per heavy atom. The SMILES string of the molecule is Cc1cnc2ccc(-c3ccn4c3C(=O)N(c3ccc(C(C)(F)F)cc3)C[C@@H]4C)cn12. The number of nitrogens with zero attached hydrogens (tertiary/aromatic N) is 4. The van der Waals surface area contributed by atoms with Crippen LogP contribution in [0.1, 0.15) is 41.6 Å². The first-order valence-electron chi connectivity index (χ1n) is 10.2. The smallest absolute Gasteiger partial charge is 0.275 e. The van der Waals surface area contributed by atoms with Crippen molar-refractivity contribution < 1.29 is 13.6 Å². The molecule has 0 N–H and O–H groups in total. The number of imidazole rings is 1. The van der Waals surface area contributed by atoms with Crippen LogP contribution in [0, 0.1) is 6.92 Å². The van der Waals surface area contributed by atoms with Gasteiger partial charge in [0.15, 0.2) is 0 Å². The number of pyridine rings is 1. The molecule has 0 saturated carbocycles. The number of halogens is 2. The van der Waals surface area contributed by atoms with Crippen LogP contribution in [0.3, 0.4) is 0 Å². The molecule has 7 heteroatoms. The minimum absolute atomic E-state index is 0.0486. The maximum atomic E-state index is 13.6. The number of carbonyl (C=O) groups excluding carboxylic acids is 1. The number of alkyl halides is 2. The Bertz CT molecular complexity index is 1300.